The highest BCUT2D eigenvalue weighted by Crippen LogP contribution is 2.11. The highest BCUT2D eigenvalue weighted by atomic mass is 16.1. The molecule has 1 amide bonds. The maximum atomic E-state index is 12.0. The van der Waals surface area contributed by atoms with Crippen molar-refractivity contribution in [2.75, 3.05) is 5.73 Å². The first-order valence-corrected chi connectivity index (χ1v) is 6.12. The van der Waals surface area contributed by atoms with Gasteiger partial charge < -0.3 is 11.1 Å². The molecule has 0 aliphatic rings. The molecule has 3 N–H and O–H groups in total. The number of benzene rings is 1. The third kappa shape index (κ3) is 3.55. The molecule has 0 unspecified atom stereocenters. The predicted octanol–water partition coefficient (Wildman–Crippen LogP) is 2.21. The van der Waals surface area contributed by atoms with Crippen LogP contribution in [0, 0.1) is 13.8 Å². The van der Waals surface area contributed by atoms with Crippen LogP contribution in [-0.2, 0) is 6.54 Å². The number of amides is 1. The van der Waals surface area contributed by atoms with Gasteiger partial charge in [-0.3, -0.25) is 9.78 Å². The molecule has 4 heteroatoms. The van der Waals surface area contributed by atoms with Gasteiger partial charge in [0.2, 0.25) is 0 Å². The summed E-state index contributed by atoms with van der Waals surface area (Å²) in [6, 6.07) is 11.1. The number of hydrogen-bond donors (Lipinski definition) is 2. The molecule has 19 heavy (non-hydrogen) atoms. The zero-order valence-electron chi connectivity index (χ0n) is 11.1. The molecule has 0 saturated carbocycles. The highest BCUT2D eigenvalue weighted by Gasteiger charge is 2.07. The van der Waals surface area contributed by atoms with Gasteiger partial charge in [0.15, 0.2) is 0 Å². The summed E-state index contributed by atoms with van der Waals surface area (Å²) in [7, 11) is 0. The van der Waals surface area contributed by atoms with E-state index in [2.05, 4.69) is 10.3 Å². The maximum Gasteiger partial charge on any atom is 0.251 e. The number of aryl methyl sites for hydroxylation is 2. The molecular formula is C15H17N3O. The summed E-state index contributed by atoms with van der Waals surface area (Å²) in [5.74, 6) is -0.140. The van der Waals surface area contributed by atoms with Crippen LogP contribution in [-0.4, -0.2) is 10.9 Å². The van der Waals surface area contributed by atoms with Crippen LogP contribution in [0.4, 0.5) is 5.69 Å². The summed E-state index contributed by atoms with van der Waals surface area (Å²) < 4.78 is 0. The lowest BCUT2D eigenvalue weighted by Crippen LogP contribution is -2.23. The van der Waals surface area contributed by atoms with Crippen molar-refractivity contribution in [1.29, 1.82) is 0 Å². The van der Waals surface area contributed by atoms with Crippen molar-refractivity contribution in [1.82, 2.24) is 10.3 Å². The Bertz CT molecular complexity index is 588. The second-order valence-corrected chi connectivity index (χ2v) is 4.59. The minimum atomic E-state index is -0.140. The third-order valence-corrected chi connectivity index (χ3v) is 2.74. The quantitative estimate of drug-likeness (QED) is 0.826. The fourth-order valence-corrected chi connectivity index (χ4v) is 1.91. The summed E-state index contributed by atoms with van der Waals surface area (Å²) >= 11 is 0. The Morgan fingerprint density at radius 3 is 2.74 bits per heavy atom. The zero-order valence-corrected chi connectivity index (χ0v) is 11.1. The van der Waals surface area contributed by atoms with Crippen LogP contribution in [0.2, 0.25) is 0 Å². The monoisotopic (exact) mass is 255 g/mol. The van der Waals surface area contributed by atoms with Crippen molar-refractivity contribution >= 4 is 11.6 Å². The van der Waals surface area contributed by atoms with E-state index < -0.39 is 0 Å². The Balaban J connectivity index is 2.05. The Morgan fingerprint density at radius 2 is 2.05 bits per heavy atom. The van der Waals surface area contributed by atoms with Gasteiger partial charge in [-0.25, -0.2) is 0 Å². The van der Waals surface area contributed by atoms with Crippen molar-refractivity contribution < 1.29 is 4.79 Å². The normalized spacial score (nSPS) is 10.2. The molecule has 0 bridgehead atoms. The molecule has 2 rings (SSSR count). The maximum absolute atomic E-state index is 12.0. The Labute approximate surface area is 112 Å². The van der Waals surface area contributed by atoms with Gasteiger partial charge in [0.25, 0.3) is 5.91 Å². The average Bonchev–Trinajstić information content (AvgIpc) is 2.35. The molecule has 1 heterocycles. The average molecular weight is 255 g/mol. The summed E-state index contributed by atoms with van der Waals surface area (Å²) in [5, 5.41) is 2.84. The number of carbonyl (C=O) groups is 1. The standard InChI is InChI=1S/C15H17N3O/c1-10-6-12(8-13(16)7-10)15(19)17-9-14-5-3-4-11(2)18-14/h3-8H,9,16H2,1-2H3,(H,17,19). The van der Waals surface area contributed by atoms with Gasteiger partial charge in [0, 0.05) is 16.9 Å². The highest BCUT2D eigenvalue weighted by molar-refractivity contribution is 5.95. The smallest absolute Gasteiger partial charge is 0.251 e. The van der Waals surface area contributed by atoms with Gasteiger partial charge in [-0.2, -0.15) is 0 Å². The third-order valence-electron chi connectivity index (χ3n) is 2.74. The van der Waals surface area contributed by atoms with E-state index in [0.29, 0.717) is 17.8 Å². The first-order valence-electron chi connectivity index (χ1n) is 6.12. The molecule has 2 aromatic rings. The van der Waals surface area contributed by atoms with Crippen LogP contribution in [0.1, 0.15) is 27.3 Å². The van der Waals surface area contributed by atoms with E-state index in [1.54, 1.807) is 6.07 Å². The number of nitrogens with two attached hydrogens (primary N) is 1. The summed E-state index contributed by atoms with van der Waals surface area (Å²) in [5.41, 5.74) is 9.65. The number of rotatable bonds is 3. The number of aromatic nitrogens is 1. The molecular weight excluding hydrogens is 238 g/mol. The second-order valence-electron chi connectivity index (χ2n) is 4.59. The summed E-state index contributed by atoms with van der Waals surface area (Å²) in [4.78, 5) is 16.3. The van der Waals surface area contributed by atoms with Gasteiger partial charge >= 0.3 is 0 Å². The topological polar surface area (TPSA) is 68.0 Å². The minimum absolute atomic E-state index is 0.140. The number of nitrogens with zero attached hydrogens (tertiary/aromatic N) is 1. The van der Waals surface area contributed by atoms with Crippen LogP contribution in [0.5, 0.6) is 0 Å². The van der Waals surface area contributed by atoms with E-state index in [1.807, 2.05) is 44.2 Å². The van der Waals surface area contributed by atoms with E-state index in [1.165, 1.54) is 0 Å². The van der Waals surface area contributed by atoms with Gasteiger partial charge in [-0.1, -0.05) is 6.07 Å². The van der Waals surface area contributed by atoms with Crippen LogP contribution in [0.25, 0.3) is 0 Å². The Hall–Kier alpha value is -2.36. The number of anilines is 1. The van der Waals surface area contributed by atoms with E-state index in [4.69, 9.17) is 5.73 Å². The van der Waals surface area contributed by atoms with Crippen molar-refractivity contribution in [3.8, 4) is 0 Å². The van der Waals surface area contributed by atoms with Crippen molar-refractivity contribution in [3.05, 3.63) is 58.9 Å². The second kappa shape index (κ2) is 5.52. The van der Waals surface area contributed by atoms with Crippen LogP contribution < -0.4 is 11.1 Å². The first-order chi connectivity index (χ1) is 9.04. The van der Waals surface area contributed by atoms with Crippen LogP contribution >= 0.6 is 0 Å². The van der Waals surface area contributed by atoms with Gasteiger partial charge in [0.1, 0.15) is 0 Å². The summed E-state index contributed by atoms with van der Waals surface area (Å²) in [6.45, 7) is 4.25. The van der Waals surface area contributed by atoms with Crippen molar-refractivity contribution in [2.45, 2.75) is 20.4 Å². The van der Waals surface area contributed by atoms with Gasteiger partial charge in [-0.15, -0.1) is 0 Å². The lowest BCUT2D eigenvalue weighted by molar-refractivity contribution is 0.0950. The number of hydrogen-bond acceptors (Lipinski definition) is 3. The number of nitrogen functional groups attached to an aromatic ring is 1. The minimum Gasteiger partial charge on any atom is -0.399 e. The zero-order chi connectivity index (χ0) is 13.8. The molecule has 0 fully saturated rings. The van der Waals surface area contributed by atoms with E-state index in [-0.39, 0.29) is 5.91 Å². The molecule has 0 spiro atoms. The van der Waals surface area contributed by atoms with Gasteiger partial charge in [0.05, 0.1) is 12.2 Å². The molecule has 0 aliphatic carbocycles. The van der Waals surface area contributed by atoms with E-state index in [0.717, 1.165) is 17.0 Å². The van der Waals surface area contributed by atoms with Crippen LogP contribution in [0.15, 0.2) is 36.4 Å². The summed E-state index contributed by atoms with van der Waals surface area (Å²) in [6.07, 6.45) is 0. The molecule has 4 nitrogen and oxygen atoms in total. The lowest BCUT2D eigenvalue weighted by atomic mass is 10.1. The van der Waals surface area contributed by atoms with E-state index in [9.17, 15) is 4.79 Å². The Morgan fingerprint density at radius 1 is 1.26 bits per heavy atom. The molecule has 1 aromatic carbocycles. The SMILES string of the molecule is Cc1cc(N)cc(C(=O)NCc2cccc(C)n2)c1. The lowest BCUT2D eigenvalue weighted by Gasteiger charge is -2.07. The van der Waals surface area contributed by atoms with Crippen molar-refractivity contribution in [2.24, 2.45) is 0 Å². The largest absolute Gasteiger partial charge is 0.399 e. The first kappa shape index (κ1) is 13.1. The molecule has 0 atom stereocenters. The molecule has 1 aromatic heterocycles. The Kier molecular flexibility index (Phi) is 3.80. The molecule has 0 radical (unpaired) electrons. The molecule has 0 aliphatic heterocycles. The van der Waals surface area contributed by atoms with Crippen LogP contribution in [0.3, 0.4) is 0 Å². The fourth-order valence-electron chi connectivity index (χ4n) is 1.91. The number of carbonyl (C=O) groups excluding carboxylic acids is 1. The number of pyridine rings is 1. The molecule has 0 saturated heterocycles. The van der Waals surface area contributed by atoms with E-state index >= 15 is 0 Å². The van der Waals surface area contributed by atoms with Crippen molar-refractivity contribution in [3.63, 3.8) is 0 Å². The van der Waals surface area contributed by atoms with Gasteiger partial charge in [-0.05, 0) is 49.7 Å². The predicted molar refractivity (Wildman–Crippen MR) is 75.7 cm³/mol. The fraction of sp³-hybridized carbons (Fsp3) is 0.200. The molecule has 98 valence electrons. The number of nitrogens with one attached hydrogen (secondary N) is 1.